The Labute approximate surface area is 501 Å². The molecule has 0 aliphatic heterocycles. The van der Waals surface area contributed by atoms with Crippen molar-refractivity contribution in [3.05, 3.63) is 24.3 Å². The second-order valence-electron chi connectivity index (χ2n) is 25.3. The molecule has 2 atom stereocenters. The number of ether oxygens (including phenoxy) is 1. The van der Waals surface area contributed by atoms with Crippen LogP contribution in [0.3, 0.4) is 0 Å². The maximum atomic E-state index is 12.5. The lowest BCUT2D eigenvalue weighted by Gasteiger charge is -2.22. The zero-order valence-corrected chi connectivity index (χ0v) is 54.3. The van der Waals surface area contributed by atoms with Gasteiger partial charge in [0.2, 0.25) is 5.91 Å². The second kappa shape index (κ2) is 69.8. The van der Waals surface area contributed by atoms with E-state index in [0.717, 1.165) is 44.9 Å². The van der Waals surface area contributed by atoms with Gasteiger partial charge in [-0.25, -0.2) is 0 Å². The van der Waals surface area contributed by atoms with Crippen molar-refractivity contribution in [3.63, 3.8) is 0 Å². The average Bonchev–Trinajstić information content (AvgIpc) is 3.46. The third-order valence-corrected chi connectivity index (χ3v) is 17.2. The minimum absolute atomic E-state index is 0.0116. The van der Waals surface area contributed by atoms with Crippen molar-refractivity contribution < 1.29 is 24.5 Å². The summed E-state index contributed by atoms with van der Waals surface area (Å²) in [6.45, 7) is 4.99. The van der Waals surface area contributed by atoms with Crippen LogP contribution in [0.2, 0.25) is 0 Å². The molecule has 0 saturated heterocycles. The number of nitrogens with one attached hydrogen (secondary N) is 1. The van der Waals surface area contributed by atoms with Gasteiger partial charge < -0.3 is 20.3 Å². The summed E-state index contributed by atoms with van der Waals surface area (Å²) in [6.07, 6.45) is 88.0. The number of carbonyl (C=O) groups is 2. The molecule has 0 spiro atoms. The van der Waals surface area contributed by atoms with Crippen molar-refractivity contribution in [2.45, 2.75) is 424 Å². The molecule has 0 aromatic heterocycles. The number of allylic oxidation sites excluding steroid dienone is 4. The van der Waals surface area contributed by atoms with Crippen molar-refractivity contribution in [3.8, 4) is 0 Å². The first-order chi connectivity index (χ1) is 39.5. The first kappa shape index (κ1) is 78.3. The van der Waals surface area contributed by atoms with Crippen LogP contribution in [0.25, 0.3) is 0 Å². The van der Waals surface area contributed by atoms with Crippen LogP contribution in [0.5, 0.6) is 0 Å². The zero-order chi connectivity index (χ0) is 57.8. The standard InChI is InChI=1S/C74H143NO5/c1-3-5-7-9-11-13-15-17-19-21-23-31-34-38-42-46-50-54-58-62-66-72(77)71(70-76)75-73(78)67-63-59-55-51-47-43-39-35-32-29-27-25-24-26-28-30-33-37-41-45-49-53-57-61-65-69-80-74(79)68-64-60-56-52-48-44-40-36-22-20-18-16-14-12-10-8-6-4-2/h20,22,25,27,71-72,76-77H,3-19,21,23-24,26,28-70H2,1-2H3,(H,75,78)/b22-20-,27-25-. The number of amides is 1. The van der Waals surface area contributed by atoms with Gasteiger partial charge in [-0.15, -0.1) is 0 Å². The summed E-state index contributed by atoms with van der Waals surface area (Å²) in [4.78, 5) is 24.7. The van der Waals surface area contributed by atoms with E-state index in [0.29, 0.717) is 25.9 Å². The highest BCUT2D eigenvalue weighted by Crippen LogP contribution is 2.19. The maximum Gasteiger partial charge on any atom is 0.305 e. The Kier molecular flexibility index (Phi) is 68.4. The molecule has 80 heavy (non-hydrogen) atoms. The molecular formula is C74H143NO5. The fourth-order valence-corrected chi connectivity index (χ4v) is 11.6. The molecule has 474 valence electrons. The summed E-state index contributed by atoms with van der Waals surface area (Å²) in [5.74, 6) is -0.0222. The lowest BCUT2D eigenvalue weighted by Crippen LogP contribution is -2.45. The molecule has 0 bridgehead atoms. The van der Waals surface area contributed by atoms with Gasteiger partial charge in [0.05, 0.1) is 25.4 Å². The third-order valence-electron chi connectivity index (χ3n) is 17.2. The van der Waals surface area contributed by atoms with Crippen molar-refractivity contribution in [1.82, 2.24) is 5.32 Å². The van der Waals surface area contributed by atoms with E-state index in [2.05, 4.69) is 43.5 Å². The van der Waals surface area contributed by atoms with Crippen LogP contribution < -0.4 is 5.32 Å². The van der Waals surface area contributed by atoms with Gasteiger partial charge in [0.1, 0.15) is 0 Å². The van der Waals surface area contributed by atoms with Crippen molar-refractivity contribution in [2.75, 3.05) is 13.2 Å². The van der Waals surface area contributed by atoms with E-state index in [1.54, 1.807) is 0 Å². The van der Waals surface area contributed by atoms with Crippen LogP contribution in [-0.2, 0) is 14.3 Å². The van der Waals surface area contributed by atoms with Gasteiger partial charge in [-0.1, -0.05) is 346 Å². The smallest absolute Gasteiger partial charge is 0.305 e. The molecular weight excluding hydrogens is 983 g/mol. The quantitative estimate of drug-likeness (QED) is 0.0320. The van der Waals surface area contributed by atoms with Gasteiger partial charge in [-0.2, -0.15) is 0 Å². The summed E-state index contributed by atoms with van der Waals surface area (Å²) in [6, 6.07) is -0.545. The Morgan fingerprint density at radius 3 is 0.887 bits per heavy atom. The Bertz CT molecular complexity index is 1250. The van der Waals surface area contributed by atoms with E-state index in [1.165, 1.54) is 334 Å². The lowest BCUT2D eigenvalue weighted by atomic mass is 10.0. The van der Waals surface area contributed by atoms with Crippen LogP contribution in [0.1, 0.15) is 412 Å². The normalized spacial score (nSPS) is 12.6. The predicted molar refractivity (Wildman–Crippen MR) is 352 cm³/mol. The molecule has 6 nitrogen and oxygen atoms in total. The fraction of sp³-hybridized carbons (Fsp3) is 0.919. The molecule has 1 amide bonds. The van der Waals surface area contributed by atoms with E-state index >= 15 is 0 Å². The number of aliphatic hydroxyl groups is 2. The number of aliphatic hydroxyl groups excluding tert-OH is 2. The molecule has 0 radical (unpaired) electrons. The van der Waals surface area contributed by atoms with Crippen molar-refractivity contribution >= 4 is 11.9 Å². The number of hydrogen-bond acceptors (Lipinski definition) is 5. The highest BCUT2D eigenvalue weighted by molar-refractivity contribution is 5.76. The Morgan fingerprint density at radius 1 is 0.338 bits per heavy atom. The number of esters is 1. The molecule has 0 rings (SSSR count). The molecule has 0 aliphatic carbocycles. The van der Waals surface area contributed by atoms with Gasteiger partial charge in [-0.05, 0) is 77.0 Å². The molecule has 0 heterocycles. The maximum absolute atomic E-state index is 12.5. The summed E-state index contributed by atoms with van der Waals surface area (Å²) in [7, 11) is 0. The van der Waals surface area contributed by atoms with Gasteiger partial charge in [0.15, 0.2) is 0 Å². The molecule has 3 N–H and O–H groups in total. The summed E-state index contributed by atoms with van der Waals surface area (Å²) >= 11 is 0. The van der Waals surface area contributed by atoms with E-state index in [-0.39, 0.29) is 18.5 Å². The van der Waals surface area contributed by atoms with Crippen LogP contribution >= 0.6 is 0 Å². The SMILES string of the molecule is CCCCCCCCC/C=C\CCCCCCCCCC(=O)OCCCCCCCCCCCCCC/C=C\CCCCCCCCCCCC(=O)NC(CO)C(O)CCCCCCCCCCCCCCCCCCCCCC. The Morgan fingerprint density at radius 2 is 0.588 bits per heavy atom. The van der Waals surface area contributed by atoms with Crippen LogP contribution in [0.4, 0.5) is 0 Å². The molecule has 2 unspecified atom stereocenters. The van der Waals surface area contributed by atoms with E-state index in [9.17, 15) is 19.8 Å². The monoisotopic (exact) mass is 1130 g/mol. The highest BCUT2D eigenvalue weighted by atomic mass is 16.5. The fourth-order valence-electron chi connectivity index (χ4n) is 11.6. The van der Waals surface area contributed by atoms with Gasteiger partial charge >= 0.3 is 5.97 Å². The van der Waals surface area contributed by atoms with E-state index in [4.69, 9.17) is 4.74 Å². The number of carbonyl (C=O) groups excluding carboxylic acids is 2. The van der Waals surface area contributed by atoms with E-state index in [1.807, 2.05) is 0 Å². The van der Waals surface area contributed by atoms with Crippen LogP contribution in [-0.4, -0.2) is 47.4 Å². The molecule has 0 fully saturated rings. The topological polar surface area (TPSA) is 95.9 Å². The minimum Gasteiger partial charge on any atom is -0.466 e. The van der Waals surface area contributed by atoms with Gasteiger partial charge in [-0.3, -0.25) is 9.59 Å². The Hall–Kier alpha value is -1.66. The highest BCUT2D eigenvalue weighted by Gasteiger charge is 2.20. The predicted octanol–water partition coefficient (Wildman–Crippen LogP) is 23.7. The Balaban J connectivity index is 3.38. The number of rotatable bonds is 69. The molecule has 0 saturated carbocycles. The molecule has 6 heteroatoms. The van der Waals surface area contributed by atoms with Crippen LogP contribution in [0.15, 0.2) is 24.3 Å². The number of hydrogen-bond donors (Lipinski definition) is 3. The molecule has 0 aromatic rings. The summed E-state index contributed by atoms with van der Waals surface area (Å²) in [5.41, 5.74) is 0. The lowest BCUT2D eigenvalue weighted by molar-refractivity contribution is -0.143. The number of unbranched alkanes of at least 4 members (excludes halogenated alkanes) is 54. The molecule has 0 aromatic carbocycles. The van der Waals surface area contributed by atoms with Gasteiger partial charge in [0.25, 0.3) is 0 Å². The van der Waals surface area contributed by atoms with Gasteiger partial charge in [0, 0.05) is 12.8 Å². The van der Waals surface area contributed by atoms with E-state index < -0.39 is 12.1 Å². The molecule has 0 aliphatic rings. The zero-order valence-electron chi connectivity index (χ0n) is 54.3. The van der Waals surface area contributed by atoms with Crippen LogP contribution in [0, 0.1) is 0 Å². The summed E-state index contributed by atoms with van der Waals surface area (Å²) in [5, 5.41) is 23.4. The second-order valence-corrected chi connectivity index (χ2v) is 25.3. The summed E-state index contributed by atoms with van der Waals surface area (Å²) < 4.78 is 5.50. The largest absolute Gasteiger partial charge is 0.466 e. The average molecular weight is 1130 g/mol. The first-order valence-electron chi connectivity index (χ1n) is 36.6. The van der Waals surface area contributed by atoms with Crippen molar-refractivity contribution in [2.24, 2.45) is 0 Å². The minimum atomic E-state index is -0.667. The van der Waals surface area contributed by atoms with Crippen molar-refractivity contribution in [1.29, 1.82) is 0 Å². The third kappa shape index (κ3) is 65.5. The first-order valence-corrected chi connectivity index (χ1v) is 36.6.